The molecule has 100 valence electrons. The lowest BCUT2D eigenvalue weighted by molar-refractivity contribution is -0.133. The summed E-state index contributed by atoms with van der Waals surface area (Å²) in [5.41, 5.74) is 1.20. The second-order valence-corrected chi connectivity index (χ2v) is 6.74. The van der Waals surface area contributed by atoms with E-state index in [0.717, 1.165) is 0 Å². The number of ether oxygens (including phenoxy) is 2. The second-order valence-electron chi connectivity index (χ2n) is 4.91. The Balaban J connectivity index is 2.77. The highest BCUT2D eigenvalue weighted by Crippen LogP contribution is 2.05. The van der Waals surface area contributed by atoms with E-state index in [0.29, 0.717) is 0 Å². The average Bonchev–Trinajstić information content (AvgIpc) is 2.27. The molecule has 0 aliphatic heterocycles. The van der Waals surface area contributed by atoms with Crippen molar-refractivity contribution in [3.8, 4) is 0 Å². The summed E-state index contributed by atoms with van der Waals surface area (Å²) < 4.78 is 11.7. The summed E-state index contributed by atoms with van der Waals surface area (Å²) in [5, 5.41) is 1.35. The Morgan fingerprint density at radius 3 is 2.11 bits per heavy atom. The number of hydrogen-bond acceptors (Lipinski definition) is 2. The molecule has 0 atom stereocenters. The monoisotopic (exact) mass is 264 g/mol. The number of rotatable bonds is 7. The van der Waals surface area contributed by atoms with Gasteiger partial charge in [0.15, 0.2) is 0 Å². The van der Waals surface area contributed by atoms with Crippen molar-refractivity contribution in [1.82, 2.24) is 0 Å². The van der Waals surface area contributed by atoms with Crippen LogP contribution in [0.25, 0.3) is 6.08 Å². The van der Waals surface area contributed by atoms with Crippen molar-refractivity contribution in [2.45, 2.75) is 45.8 Å². The molecule has 0 amide bonds. The maximum atomic E-state index is 5.87. The Morgan fingerprint density at radius 1 is 1.06 bits per heavy atom. The first-order chi connectivity index (χ1) is 8.52. The largest absolute Gasteiger partial charge is 0.354 e. The molecule has 3 heteroatoms. The van der Waals surface area contributed by atoms with E-state index in [1.807, 2.05) is 39.8 Å². The van der Waals surface area contributed by atoms with Gasteiger partial charge in [-0.25, -0.2) is 0 Å². The molecule has 0 heterocycles. The predicted molar refractivity (Wildman–Crippen MR) is 80.9 cm³/mol. The summed E-state index contributed by atoms with van der Waals surface area (Å²) in [6.45, 7) is 12.0. The molecule has 0 saturated carbocycles. The fraction of sp³-hybridized carbons (Fsp3) is 0.467. The normalized spacial score (nSPS) is 12.2. The van der Waals surface area contributed by atoms with Gasteiger partial charge in [0.1, 0.15) is 15.4 Å². The molecular weight excluding hydrogens is 240 g/mol. The Labute approximate surface area is 113 Å². The van der Waals surface area contributed by atoms with Crippen LogP contribution in [0.15, 0.2) is 30.8 Å². The molecule has 0 aliphatic carbocycles. The predicted octanol–water partition coefficient (Wildman–Crippen LogP) is 2.26. The molecule has 0 fully saturated rings. The van der Waals surface area contributed by atoms with E-state index in [1.165, 1.54) is 10.8 Å². The molecule has 0 radical (unpaired) electrons. The Kier molecular flexibility index (Phi) is 6.33. The standard InChI is InChI=1S/C15H24O2Si/c1-6-13-9-7-8-10-14(13)18-15(16-11(2)3)17-12(4)5/h6-12,15H,1,18H2,2-5H3. The quantitative estimate of drug-likeness (QED) is 0.555. The van der Waals surface area contributed by atoms with E-state index in [-0.39, 0.29) is 18.1 Å². The first-order valence-corrected chi connectivity index (χ1v) is 8.06. The van der Waals surface area contributed by atoms with Crippen LogP contribution in [-0.2, 0) is 9.47 Å². The zero-order chi connectivity index (χ0) is 13.5. The zero-order valence-corrected chi connectivity index (χ0v) is 13.3. The van der Waals surface area contributed by atoms with Crippen molar-refractivity contribution in [2.24, 2.45) is 0 Å². The fourth-order valence-corrected chi connectivity index (χ4v) is 3.93. The van der Waals surface area contributed by atoms with Gasteiger partial charge in [-0.3, -0.25) is 0 Å². The first kappa shape index (κ1) is 15.2. The van der Waals surface area contributed by atoms with Gasteiger partial charge in [-0.1, -0.05) is 42.1 Å². The van der Waals surface area contributed by atoms with E-state index in [1.54, 1.807) is 0 Å². The molecule has 0 aliphatic rings. The van der Waals surface area contributed by atoms with E-state index >= 15 is 0 Å². The highest BCUT2D eigenvalue weighted by atomic mass is 28.2. The van der Waals surface area contributed by atoms with Crippen LogP contribution in [0.4, 0.5) is 0 Å². The van der Waals surface area contributed by atoms with Gasteiger partial charge in [0, 0.05) is 0 Å². The minimum Gasteiger partial charge on any atom is -0.354 e. The smallest absolute Gasteiger partial charge is 0.140 e. The Hall–Kier alpha value is -0.903. The lowest BCUT2D eigenvalue weighted by atomic mass is 10.2. The van der Waals surface area contributed by atoms with E-state index in [9.17, 15) is 0 Å². The summed E-state index contributed by atoms with van der Waals surface area (Å²) in [6.07, 6.45) is 2.29. The summed E-state index contributed by atoms with van der Waals surface area (Å²) in [6, 6.07) is 8.36. The van der Waals surface area contributed by atoms with Crippen molar-refractivity contribution >= 4 is 20.8 Å². The van der Waals surface area contributed by atoms with Gasteiger partial charge in [0.05, 0.1) is 12.2 Å². The van der Waals surface area contributed by atoms with Gasteiger partial charge in [-0.05, 0) is 33.3 Å². The van der Waals surface area contributed by atoms with Crippen LogP contribution in [0.1, 0.15) is 33.3 Å². The SMILES string of the molecule is C=Cc1ccccc1[SiH2]C(OC(C)C)OC(C)C. The molecule has 1 aromatic carbocycles. The third kappa shape index (κ3) is 5.17. The minimum atomic E-state index is -0.639. The first-order valence-electron chi connectivity index (χ1n) is 6.54. The maximum Gasteiger partial charge on any atom is 0.140 e. The molecule has 0 bridgehead atoms. The molecule has 2 nitrogen and oxygen atoms in total. The number of hydrogen-bond donors (Lipinski definition) is 0. The van der Waals surface area contributed by atoms with Crippen LogP contribution in [0.2, 0.25) is 0 Å². The highest BCUT2D eigenvalue weighted by molar-refractivity contribution is 6.55. The molecule has 0 N–H and O–H groups in total. The van der Waals surface area contributed by atoms with E-state index < -0.39 is 9.52 Å². The van der Waals surface area contributed by atoms with Crippen LogP contribution in [-0.4, -0.2) is 27.6 Å². The minimum absolute atomic E-state index is 0.0638. The van der Waals surface area contributed by atoms with Crippen LogP contribution >= 0.6 is 0 Å². The summed E-state index contributed by atoms with van der Waals surface area (Å²) in [4.78, 5) is 0. The van der Waals surface area contributed by atoms with Crippen molar-refractivity contribution in [3.05, 3.63) is 36.4 Å². The van der Waals surface area contributed by atoms with E-state index in [4.69, 9.17) is 9.47 Å². The molecule has 0 aromatic heterocycles. The lowest BCUT2D eigenvalue weighted by Gasteiger charge is -2.23. The third-order valence-electron chi connectivity index (χ3n) is 2.51. The van der Waals surface area contributed by atoms with Gasteiger partial charge in [0.25, 0.3) is 0 Å². The van der Waals surface area contributed by atoms with Crippen LogP contribution in [0, 0.1) is 0 Å². The van der Waals surface area contributed by atoms with Crippen LogP contribution in [0.3, 0.4) is 0 Å². The van der Waals surface area contributed by atoms with E-state index in [2.05, 4.69) is 24.8 Å². The second kappa shape index (κ2) is 7.51. The number of benzene rings is 1. The van der Waals surface area contributed by atoms with Gasteiger partial charge < -0.3 is 9.47 Å². The summed E-state index contributed by atoms with van der Waals surface area (Å²) >= 11 is 0. The molecule has 0 saturated heterocycles. The Bertz CT molecular complexity index is 365. The molecule has 1 rings (SSSR count). The molecule has 1 aromatic rings. The molecule has 0 unspecified atom stereocenters. The maximum absolute atomic E-state index is 5.87. The Morgan fingerprint density at radius 2 is 1.61 bits per heavy atom. The van der Waals surface area contributed by atoms with Crippen LogP contribution in [0.5, 0.6) is 0 Å². The highest BCUT2D eigenvalue weighted by Gasteiger charge is 2.16. The lowest BCUT2D eigenvalue weighted by Crippen LogP contribution is -2.37. The van der Waals surface area contributed by atoms with Crippen molar-refractivity contribution in [2.75, 3.05) is 0 Å². The zero-order valence-electron chi connectivity index (χ0n) is 11.8. The van der Waals surface area contributed by atoms with Gasteiger partial charge >= 0.3 is 0 Å². The van der Waals surface area contributed by atoms with Crippen molar-refractivity contribution in [1.29, 1.82) is 0 Å². The fourth-order valence-electron chi connectivity index (χ4n) is 1.83. The van der Waals surface area contributed by atoms with Gasteiger partial charge in [0.2, 0.25) is 0 Å². The molecule has 18 heavy (non-hydrogen) atoms. The van der Waals surface area contributed by atoms with Crippen molar-refractivity contribution < 1.29 is 9.47 Å². The third-order valence-corrected chi connectivity index (χ3v) is 4.31. The molecular formula is C15H24O2Si. The topological polar surface area (TPSA) is 18.5 Å². The van der Waals surface area contributed by atoms with Gasteiger partial charge in [-0.2, -0.15) is 0 Å². The molecule has 0 spiro atoms. The van der Waals surface area contributed by atoms with Crippen LogP contribution < -0.4 is 5.19 Å². The van der Waals surface area contributed by atoms with Crippen molar-refractivity contribution in [3.63, 3.8) is 0 Å². The summed E-state index contributed by atoms with van der Waals surface area (Å²) in [5.74, 6) is -0.0638. The van der Waals surface area contributed by atoms with Gasteiger partial charge in [-0.15, -0.1) is 0 Å². The average molecular weight is 264 g/mol. The summed E-state index contributed by atoms with van der Waals surface area (Å²) in [7, 11) is -0.639.